The Morgan fingerprint density at radius 3 is 2.67 bits per heavy atom. The quantitative estimate of drug-likeness (QED) is 0.854. The van der Waals surface area contributed by atoms with Crippen LogP contribution in [0.25, 0.3) is 0 Å². The van der Waals surface area contributed by atoms with Crippen molar-refractivity contribution in [1.29, 1.82) is 0 Å². The average Bonchev–Trinajstić information content (AvgIpc) is 2.85. The molecule has 0 aromatic heterocycles. The number of nitrogens with one attached hydrogen (secondary N) is 2. The molecule has 2 N–H and O–H groups in total. The molecule has 1 amide bonds. The van der Waals surface area contributed by atoms with Crippen LogP contribution in [0.4, 0.5) is 0 Å². The van der Waals surface area contributed by atoms with Gasteiger partial charge in [-0.3, -0.25) is 4.79 Å². The number of carbonyl (C=O) groups excluding carboxylic acids is 1. The van der Waals surface area contributed by atoms with Gasteiger partial charge in [-0.1, -0.05) is 12.1 Å². The number of benzene rings is 1. The fourth-order valence-corrected chi connectivity index (χ4v) is 2.42. The van der Waals surface area contributed by atoms with Crippen molar-refractivity contribution < 1.29 is 4.79 Å². The van der Waals surface area contributed by atoms with Crippen molar-refractivity contribution in [2.45, 2.75) is 33.7 Å². The Morgan fingerprint density at radius 2 is 2.00 bits per heavy atom. The molecule has 0 aliphatic carbocycles. The number of amides is 1. The number of hydrogen-bond acceptors (Lipinski definition) is 2. The molecule has 1 atom stereocenters. The van der Waals surface area contributed by atoms with E-state index in [2.05, 4.69) is 43.5 Å². The third kappa shape index (κ3) is 2.91. The molecular formula is C15H22N2O. The number of rotatable bonds is 3. The first-order valence-corrected chi connectivity index (χ1v) is 6.63. The van der Waals surface area contributed by atoms with Crippen LogP contribution in [0.5, 0.6) is 0 Å². The van der Waals surface area contributed by atoms with Gasteiger partial charge in [0, 0.05) is 13.1 Å². The van der Waals surface area contributed by atoms with Gasteiger partial charge in [0.25, 0.3) is 0 Å². The van der Waals surface area contributed by atoms with Crippen molar-refractivity contribution in [2.75, 3.05) is 13.1 Å². The topological polar surface area (TPSA) is 41.1 Å². The highest BCUT2D eigenvalue weighted by Gasteiger charge is 2.21. The largest absolute Gasteiger partial charge is 0.352 e. The molecule has 1 aromatic carbocycles. The predicted molar refractivity (Wildman–Crippen MR) is 73.5 cm³/mol. The molecule has 1 aromatic rings. The molecule has 0 saturated carbocycles. The Labute approximate surface area is 109 Å². The van der Waals surface area contributed by atoms with E-state index < -0.39 is 0 Å². The van der Waals surface area contributed by atoms with E-state index in [0.29, 0.717) is 6.54 Å². The molecule has 1 saturated heterocycles. The van der Waals surface area contributed by atoms with Crippen molar-refractivity contribution in [2.24, 2.45) is 5.92 Å². The lowest BCUT2D eigenvalue weighted by Gasteiger charge is -2.13. The maximum Gasteiger partial charge on any atom is 0.224 e. The van der Waals surface area contributed by atoms with Gasteiger partial charge in [-0.25, -0.2) is 0 Å². The first-order valence-electron chi connectivity index (χ1n) is 6.63. The predicted octanol–water partition coefficient (Wildman–Crippen LogP) is 1.84. The summed E-state index contributed by atoms with van der Waals surface area (Å²) in [6.07, 6.45) is 0.956. The zero-order valence-electron chi connectivity index (χ0n) is 11.5. The van der Waals surface area contributed by atoms with Crippen molar-refractivity contribution >= 4 is 5.91 Å². The summed E-state index contributed by atoms with van der Waals surface area (Å²) in [6, 6.07) is 4.37. The van der Waals surface area contributed by atoms with Crippen LogP contribution in [-0.4, -0.2) is 19.0 Å². The molecule has 3 heteroatoms. The molecule has 0 radical (unpaired) electrons. The van der Waals surface area contributed by atoms with E-state index in [1.54, 1.807) is 0 Å². The molecule has 1 aliphatic rings. The second-order valence-corrected chi connectivity index (χ2v) is 5.27. The van der Waals surface area contributed by atoms with E-state index in [9.17, 15) is 4.79 Å². The maximum absolute atomic E-state index is 11.9. The summed E-state index contributed by atoms with van der Waals surface area (Å²) in [7, 11) is 0. The molecule has 1 heterocycles. The van der Waals surface area contributed by atoms with Crippen molar-refractivity contribution in [1.82, 2.24) is 10.6 Å². The lowest BCUT2D eigenvalue weighted by molar-refractivity contribution is -0.124. The van der Waals surface area contributed by atoms with Crippen LogP contribution >= 0.6 is 0 Å². The van der Waals surface area contributed by atoms with Gasteiger partial charge in [0.15, 0.2) is 0 Å². The van der Waals surface area contributed by atoms with Gasteiger partial charge in [-0.05, 0) is 56.0 Å². The van der Waals surface area contributed by atoms with E-state index in [-0.39, 0.29) is 11.8 Å². The van der Waals surface area contributed by atoms with Crippen LogP contribution in [0.2, 0.25) is 0 Å². The van der Waals surface area contributed by atoms with Crippen molar-refractivity contribution in [3.8, 4) is 0 Å². The Hall–Kier alpha value is -1.35. The highest BCUT2D eigenvalue weighted by atomic mass is 16.1. The second kappa shape index (κ2) is 5.53. The molecule has 1 fully saturated rings. The van der Waals surface area contributed by atoms with E-state index in [1.165, 1.54) is 22.3 Å². The highest BCUT2D eigenvalue weighted by molar-refractivity contribution is 5.79. The second-order valence-electron chi connectivity index (χ2n) is 5.27. The molecule has 1 aliphatic heterocycles. The van der Waals surface area contributed by atoms with Crippen molar-refractivity contribution in [3.63, 3.8) is 0 Å². The fraction of sp³-hybridized carbons (Fsp3) is 0.533. The molecular weight excluding hydrogens is 224 g/mol. The summed E-state index contributed by atoms with van der Waals surface area (Å²) in [5.41, 5.74) is 5.07. The highest BCUT2D eigenvalue weighted by Crippen LogP contribution is 2.15. The summed E-state index contributed by atoms with van der Waals surface area (Å²) >= 11 is 0. The Morgan fingerprint density at radius 1 is 1.28 bits per heavy atom. The Balaban J connectivity index is 1.97. The van der Waals surface area contributed by atoms with Gasteiger partial charge in [0.05, 0.1) is 5.92 Å². The van der Waals surface area contributed by atoms with Gasteiger partial charge in [0.1, 0.15) is 0 Å². The van der Waals surface area contributed by atoms with Crippen LogP contribution in [0.1, 0.15) is 28.7 Å². The van der Waals surface area contributed by atoms with E-state index in [4.69, 9.17) is 0 Å². The van der Waals surface area contributed by atoms with Gasteiger partial charge in [0.2, 0.25) is 5.91 Å². The summed E-state index contributed by atoms with van der Waals surface area (Å²) in [6.45, 7) is 8.75. The lowest BCUT2D eigenvalue weighted by atomic mass is 10.0. The Kier molecular flexibility index (Phi) is 4.02. The van der Waals surface area contributed by atoms with Crippen molar-refractivity contribution in [3.05, 3.63) is 34.4 Å². The first kappa shape index (κ1) is 13.1. The zero-order valence-corrected chi connectivity index (χ0v) is 11.5. The lowest BCUT2D eigenvalue weighted by Crippen LogP contribution is -2.31. The molecule has 18 heavy (non-hydrogen) atoms. The van der Waals surface area contributed by atoms with Crippen LogP contribution in [0.3, 0.4) is 0 Å². The van der Waals surface area contributed by atoms with Gasteiger partial charge < -0.3 is 10.6 Å². The Bertz CT molecular complexity index is 448. The normalized spacial score (nSPS) is 18.9. The first-order chi connectivity index (χ1) is 8.58. The van der Waals surface area contributed by atoms with Crippen LogP contribution in [0.15, 0.2) is 12.1 Å². The smallest absolute Gasteiger partial charge is 0.224 e. The summed E-state index contributed by atoms with van der Waals surface area (Å²) < 4.78 is 0. The summed E-state index contributed by atoms with van der Waals surface area (Å²) in [5, 5.41) is 6.27. The molecule has 98 valence electrons. The third-order valence-corrected chi connectivity index (χ3v) is 3.84. The molecule has 2 rings (SSSR count). The monoisotopic (exact) mass is 246 g/mol. The fourth-order valence-electron chi connectivity index (χ4n) is 2.42. The number of aryl methyl sites for hydroxylation is 3. The third-order valence-electron chi connectivity index (χ3n) is 3.84. The van der Waals surface area contributed by atoms with Gasteiger partial charge in [-0.2, -0.15) is 0 Å². The van der Waals surface area contributed by atoms with Crippen LogP contribution in [0, 0.1) is 26.7 Å². The van der Waals surface area contributed by atoms with E-state index in [1.807, 2.05) is 0 Å². The SMILES string of the molecule is Cc1cc(C)c(CNC(=O)C2CCNC2)cc1C. The zero-order chi connectivity index (χ0) is 13.1. The van der Waals surface area contributed by atoms with Gasteiger partial charge >= 0.3 is 0 Å². The number of hydrogen-bond donors (Lipinski definition) is 2. The summed E-state index contributed by atoms with van der Waals surface area (Å²) in [4.78, 5) is 11.9. The molecule has 0 bridgehead atoms. The van der Waals surface area contributed by atoms with Gasteiger partial charge in [-0.15, -0.1) is 0 Å². The average molecular weight is 246 g/mol. The molecule has 3 nitrogen and oxygen atoms in total. The minimum absolute atomic E-state index is 0.150. The maximum atomic E-state index is 11.9. The molecule has 1 unspecified atom stereocenters. The standard InChI is InChI=1S/C15H22N2O/c1-10-6-12(3)14(7-11(10)2)9-17-15(18)13-4-5-16-8-13/h6-7,13,16H,4-5,8-9H2,1-3H3,(H,17,18). The van der Waals surface area contributed by atoms with E-state index in [0.717, 1.165) is 19.5 Å². The number of carbonyl (C=O) groups is 1. The minimum atomic E-state index is 0.150. The molecule has 0 spiro atoms. The summed E-state index contributed by atoms with van der Waals surface area (Å²) in [5.74, 6) is 0.328. The van der Waals surface area contributed by atoms with Crippen LogP contribution in [-0.2, 0) is 11.3 Å². The van der Waals surface area contributed by atoms with Crippen LogP contribution < -0.4 is 10.6 Å². The van der Waals surface area contributed by atoms with E-state index >= 15 is 0 Å². The minimum Gasteiger partial charge on any atom is -0.352 e.